The average molecular weight is 512 g/mol. The van der Waals surface area contributed by atoms with Gasteiger partial charge in [-0.3, -0.25) is 4.99 Å². The Balaban J connectivity index is 0.00000300. The fraction of sp³-hybridized carbons (Fsp3) is 0.429. The molecule has 0 bridgehead atoms. The van der Waals surface area contributed by atoms with Crippen LogP contribution in [-0.4, -0.2) is 56.8 Å². The van der Waals surface area contributed by atoms with Crippen molar-refractivity contribution in [3.8, 4) is 17.4 Å². The summed E-state index contributed by atoms with van der Waals surface area (Å²) >= 11 is 0. The van der Waals surface area contributed by atoms with Gasteiger partial charge in [-0.2, -0.15) is 0 Å². The Hall–Kier alpha value is -2.07. The summed E-state index contributed by atoms with van der Waals surface area (Å²) in [5, 5.41) is 3.41. The van der Waals surface area contributed by atoms with Crippen molar-refractivity contribution in [2.75, 3.05) is 41.0 Å². The second-order valence-electron chi connectivity index (χ2n) is 6.74. The number of methoxy groups -OCH3 is 2. The minimum Gasteiger partial charge on any atom is -0.497 e. The van der Waals surface area contributed by atoms with Crippen LogP contribution in [0.4, 0.5) is 0 Å². The molecule has 2 aromatic rings. The van der Waals surface area contributed by atoms with Crippen LogP contribution >= 0.6 is 24.0 Å². The van der Waals surface area contributed by atoms with Crippen LogP contribution in [0.5, 0.6) is 17.4 Å². The van der Waals surface area contributed by atoms with Crippen LogP contribution in [0, 0.1) is 5.92 Å². The molecule has 0 amide bonds. The molecule has 1 atom stereocenters. The molecular weight excluding hydrogens is 483 g/mol. The zero-order chi connectivity index (χ0) is 19.8. The van der Waals surface area contributed by atoms with Crippen molar-refractivity contribution in [1.29, 1.82) is 0 Å². The van der Waals surface area contributed by atoms with Crippen molar-refractivity contribution < 1.29 is 14.2 Å². The summed E-state index contributed by atoms with van der Waals surface area (Å²) in [6.07, 6.45) is 2.94. The highest BCUT2D eigenvalue weighted by Crippen LogP contribution is 2.23. The summed E-state index contributed by atoms with van der Waals surface area (Å²) in [7, 11) is 5.20. The van der Waals surface area contributed by atoms with Gasteiger partial charge in [0, 0.05) is 58.0 Å². The van der Waals surface area contributed by atoms with Crippen molar-refractivity contribution >= 4 is 29.9 Å². The second-order valence-corrected chi connectivity index (χ2v) is 6.74. The number of benzene rings is 1. The molecule has 0 spiro atoms. The Kier molecular flexibility index (Phi) is 9.46. The van der Waals surface area contributed by atoms with E-state index < -0.39 is 0 Å². The number of halogens is 1. The van der Waals surface area contributed by atoms with E-state index in [1.54, 1.807) is 14.2 Å². The van der Waals surface area contributed by atoms with Gasteiger partial charge in [-0.15, -0.1) is 24.0 Å². The van der Waals surface area contributed by atoms with Crippen molar-refractivity contribution in [3.63, 3.8) is 0 Å². The standard InChI is InChI=1S/C21H28N4O3.HI/c1-22-21(25-10-9-17(14-25)15-26-2)24-13-16-7-8-20(23-12-16)28-19-6-4-5-18(11-19)27-3;/h4-8,11-12,17H,9-10,13-15H2,1-3H3,(H,22,24);1H. The Morgan fingerprint density at radius 1 is 1.24 bits per heavy atom. The molecule has 1 aromatic carbocycles. The molecule has 7 nitrogen and oxygen atoms in total. The van der Waals surface area contributed by atoms with E-state index in [9.17, 15) is 0 Å². The maximum Gasteiger partial charge on any atom is 0.219 e. The third-order valence-corrected chi connectivity index (χ3v) is 4.71. The Labute approximate surface area is 189 Å². The van der Waals surface area contributed by atoms with Crippen molar-refractivity contribution in [2.45, 2.75) is 13.0 Å². The summed E-state index contributed by atoms with van der Waals surface area (Å²) in [6.45, 7) is 3.43. The Bertz CT molecular complexity index is 786. The first kappa shape index (κ1) is 23.2. The molecule has 1 saturated heterocycles. The van der Waals surface area contributed by atoms with Crippen molar-refractivity contribution in [3.05, 3.63) is 48.2 Å². The van der Waals surface area contributed by atoms with Crippen LogP contribution in [0.2, 0.25) is 0 Å². The summed E-state index contributed by atoms with van der Waals surface area (Å²) in [6, 6.07) is 11.3. The number of aromatic nitrogens is 1. The van der Waals surface area contributed by atoms with Gasteiger partial charge < -0.3 is 24.4 Å². The van der Waals surface area contributed by atoms with E-state index in [1.807, 2.05) is 49.6 Å². The highest BCUT2D eigenvalue weighted by molar-refractivity contribution is 14.0. The average Bonchev–Trinajstić information content (AvgIpc) is 3.18. The van der Waals surface area contributed by atoms with Gasteiger partial charge in [0.2, 0.25) is 5.88 Å². The quantitative estimate of drug-likeness (QED) is 0.348. The summed E-state index contributed by atoms with van der Waals surface area (Å²) in [5.74, 6) is 3.47. The molecule has 158 valence electrons. The monoisotopic (exact) mass is 512 g/mol. The normalized spacial score (nSPS) is 16.3. The highest BCUT2D eigenvalue weighted by atomic mass is 127. The fourth-order valence-corrected chi connectivity index (χ4v) is 3.27. The van der Waals surface area contributed by atoms with Crippen LogP contribution in [-0.2, 0) is 11.3 Å². The predicted molar refractivity (Wildman–Crippen MR) is 124 cm³/mol. The molecule has 1 unspecified atom stereocenters. The molecule has 0 aliphatic carbocycles. The molecule has 29 heavy (non-hydrogen) atoms. The van der Waals surface area contributed by atoms with E-state index in [0.29, 0.717) is 24.1 Å². The Morgan fingerprint density at radius 3 is 2.76 bits per heavy atom. The largest absolute Gasteiger partial charge is 0.497 e. The maximum atomic E-state index is 5.78. The molecule has 1 aromatic heterocycles. The highest BCUT2D eigenvalue weighted by Gasteiger charge is 2.24. The predicted octanol–water partition coefficient (Wildman–Crippen LogP) is 3.54. The summed E-state index contributed by atoms with van der Waals surface area (Å²) in [5.41, 5.74) is 1.06. The SMILES string of the molecule is CN=C(NCc1ccc(Oc2cccc(OC)c2)nc1)N1CCC(COC)C1.I. The Morgan fingerprint density at radius 2 is 2.07 bits per heavy atom. The molecule has 1 aliphatic heterocycles. The van der Waals surface area contributed by atoms with Crippen molar-refractivity contribution in [2.24, 2.45) is 10.9 Å². The molecule has 1 fully saturated rings. The number of ether oxygens (including phenoxy) is 3. The lowest BCUT2D eigenvalue weighted by Gasteiger charge is -2.21. The van der Waals surface area contributed by atoms with Gasteiger partial charge >= 0.3 is 0 Å². The number of likely N-dealkylation sites (tertiary alicyclic amines) is 1. The lowest BCUT2D eigenvalue weighted by Crippen LogP contribution is -2.39. The molecule has 0 radical (unpaired) electrons. The number of guanidine groups is 1. The third-order valence-electron chi connectivity index (χ3n) is 4.71. The van der Waals surface area contributed by atoms with E-state index >= 15 is 0 Å². The number of hydrogen-bond acceptors (Lipinski definition) is 5. The third kappa shape index (κ3) is 6.74. The summed E-state index contributed by atoms with van der Waals surface area (Å²) < 4.78 is 16.3. The van der Waals surface area contributed by atoms with E-state index in [2.05, 4.69) is 20.2 Å². The first-order chi connectivity index (χ1) is 13.7. The van der Waals surface area contributed by atoms with E-state index in [0.717, 1.165) is 43.4 Å². The number of hydrogen-bond donors (Lipinski definition) is 1. The van der Waals surface area contributed by atoms with E-state index in [-0.39, 0.29) is 24.0 Å². The van der Waals surface area contributed by atoms with Crippen LogP contribution < -0.4 is 14.8 Å². The molecule has 0 saturated carbocycles. The number of rotatable bonds is 7. The van der Waals surface area contributed by atoms with E-state index in [4.69, 9.17) is 14.2 Å². The van der Waals surface area contributed by atoms with Crippen LogP contribution in [0.15, 0.2) is 47.6 Å². The summed E-state index contributed by atoms with van der Waals surface area (Å²) in [4.78, 5) is 11.1. The molecule has 3 rings (SSSR count). The first-order valence-corrected chi connectivity index (χ1v) is 9.43. The number of aliphatic imine (C=N–C) groups is 1. The lowest BCUT2D eigenvalue weighted by atomic mass is 10.1. The van der Waals surface area contributed by atoms with E-state index in [1.165, 1.54) is 0 Å². The van der Waals surface area contributed by atoms with Gasteiger partial charge in [0.25, 0.3) is 0 Å². The molecule has 8 heteroatoms. The van der Waals surface area contributed by atoms with Gasteiger partial charge in [-0.25, -0.2) is 4.98 Å². The molecule has 2 heterocycles. The minimum atomic E-state index is 0. The molecule has 1 N–H and O–H groups in total. The second kappa shape index (κ2) is 11.8. The zero-order valence-electron chi connectivity index (χ0n) is 17.1. The lowest BCUT2D eigenvalue weighted by molar-refractivity contribution is 0.157. The van der Waals surface area contributed by atoms with Gasteiger partial charge in [-0.05, 0) is 24.1 Å². The van der Waals surface area contributed by atoms with Gasteiger partial charge in [0.1, 0.15) is 11.5 Å². The molecule has 1 aliphatic rings. The van der Waals surface area contributed by atoms with Gasteiger partial charge in [0.05, 0.1) is 13.7 Å². The molecular formula is C21H29IN4O3. The smallest absolute Gasteiger partial charge is 0.219 e. The topological polar surface area (TPSA) is 68.2 Å². The van der Waals surface area contributed by atoms with Crippen LogP contribution in [0.3, 0.4) is 0 Å². The number of nitrogens with one attached hydrogen (secondary N) is 1. The number of pyridine rings is 1. The van der Waals surface area contributed by atoms with Crippen LogP contribution in [0.1, 0.15) is 12.0 Å². The maximum absolute atomic E-state index is 5.78. The fourth-order valence-electron chi connectivity index (χ4n) is 3.27. The number of nitrogens with zero attached hydrogens (tertiary/aromatic N) is 3. The minimum absolute atomic E-state index is 0. The first-order valence-electron chi connectivity index (χ1n) is 9.43. The van der Waals surface area contributed by atoms with Gasteiger partial charge in [0.15, 0.2) is 5.96 Å². The van der Waals surface area contributed by atoms with Crippen molar-refractivity contribution in [1.82, 2.24) is 15.2 Å². The van der Waals surface area contributed by atoms with Crippen LogP contribution in [0.25, 0.3) is 0 Å². The zero-order valence-corrected chi connectivity index (χ0v) is 19.5. The van der Waals surface area contributed by atoms with Gasteiger partial charge in [-0.1, -0.05) is 12.1 Å².